The van der Waals surface area contributed by atoms with Gasteiger partial charge in [0.15, 0.2) is 0 Å². The molecule has 0 aliphatic carbocycles. The lowest BCUT2D eigenvalue weighted by Crippen LogP contribution is -2.09. The minimum atomic E-state index is -0.0380. The van der Waals surface area contributed by atoms with Gasteiger partial charge in [0.05, 0.1) is 14.7 Å². The Labute approximate surface area is 92.1 Å². The van der Waals surface area contributed by atoms with E-state index in [9.17, 15) is 0 Å². The summed E-state index contributed by atoms with van der Waals surface area (Å²) in [5.74, 6) is 0. The van der Waals surface area contributed by atoms with Crippen molar-refractivity contribution in [3.63, 3.8) is 0 Å². The molecule has 14 heavy (non-hydrogen) atoms. The zero-order valence-electron chi connectivity index (χ0n) is 9.30. The summed E-state index contributed by atoms with van der Waals surface area (Å²) in [5.41, 5.74) is 3.00. The highest BCUT2D eigenvalue weighted by Gasteiger charge is 2.33. The maximum absolute atomic E-state index is 5.63. The molecule has 0 radical (unpaired) electrons. The van der Waals surface area contributed by atoms with E-state index in [0.717, 1.165) is 0 Å². The van der Waals surface area contributed by atoms with Crippen LogP contribution in [-0.4, -0.2) is 4.86 Å². The summed E-state index contributed by atoms with van der Waals surface area (Å²) in [6.07, 6.45) is 1.90. The molecule has 0 aromatic carbocycles. The SMILES string of the molecule is CC1=COS2=C1C(C)=C(C(C)(C)C)S2. The normalized spacial score (nSPS) is 26.5. The summed E-state index contributed by atoms with van der Waals surface area (Å²) in [6, 6.07) is 0. The van der Waals surface area contributed by atoms with Gasteiger partial charge in [-0.2, -0.15) is 0 Å². The van der Waals surface area contributed by atoms with E-state index < -0.39 is 0 Å². The summed E-state index contributed by atoms with van der Waals surface area (Å²) < 4.78 is 5.63. The predicted octanol–water partition coefficient (Wildman–Crippen LogP) is 4.26. The highest BCUT2D eigenvalue weighted by molar-refractivity contribution is 8.84. The maximum Gasteiger partial charge on any atom is 0.106 e. The Balaban J connectivity index is 2.42. The molecule has 0 saturated carbocycles. The van der Waals surface area contributed by atoms with E-state index in [0.29, 0.717) is 0 Å². The van der Waals surface area contributed by atoms with Crippen LogP contribution in [0, 0.1) is 5.41 Å². The largest absolute Gasteiger partial charge is 0.430 e. The van der Waals surface area contributed by atoms with Crippen molar-refractivity contribution >= 4 is 25.5 Å². The van der Waals surface area contributed by atoms with E-state index in [4.69, 9.17) is 4.18 Å². The van der Waals surface area contributed by atoms with Crippen molar-refractivity contribution in [2.45, 2.75) is 34.6 Å². The fourth-order valence-corrected chi connectivity index (χ4v) is 6.40. The fourth-order valence-electron chi connectivity index (χ4n) is 1.76. The van der Waals surface area contributed by atoms with Gasteiger partial charge in [-0.3, -0.25) is 0 Å². The first-order valence-corrected chi connectivity index (χ1v) is 7.25. The lowest BCUT2D eigenvalue weighted by Gasteiger charge is -2.21. The van der Waals surface area contributed by atoms with Gasteiger partial charge in [-0.05, 0) is 35.6 Å². The molecule has 0 aromatic heterocycles. The number of hydrogen-bond donors (Lipinski definition) is 0. The Hall–Kier alpha value is -0.150. The summed E-state index contributed by atoms with van der Waals surface area (Å²) in [7, 11) is 1.86. The van der Waals surface area contributed by atoms with Crippen LogP contribution in [0.5, 0.6) is 0 Å². The second-order valence-electron chi connectivity index (χ2n) is 4.75. The summed E-state index contributed by atoms with van der Waals surface area (Å²) in [6.45, 7) is 11.2. The topological polar surface area (TPSA) is 9.23 Å². The lowest BCUT2D eigenvalue weighted by molar-refractivity contribution is 0.531. The number of rotatable bonds is 0. The average molecular weight is 228 g/mol. The zero-order valence-corrected chi connectivity index (χ0v) is 10.9. The zero-order chi connectivity index (χ0) is 10.5. The number of allylic oxidation sites excluding steroid dienone is 3. The van der Waals surface area contributed by atoms with E-state index in [2.05, 4.69) is 34.6 Å². The van der Waals surface area contributed by atoms with Crippen LogP contribution in [0.2, 0.25) is 0 Å². The molecule has 0 spiro atoms. The third-order valence-electron chi connectivity index (χ3n) is 2.36. The third kappa shape index (κ3) is 1.47. The Morgan fingerprint density at radius 1 is 1.29 bits per heavy atom. The van der Waals surface area contributed by atoms with E-state index in [-0.39, 0.29) is 15.2 Å². The molecular formula is C11H16OS2. The van der Waals surface area contributed by atoms with Gasteiger partial charge in [0.25, 0.3) is 0 Å². The molecule has 0 N–H and O–H groups in total. The molecule has 1 unspecified atom stereocenters. The van der Waals surface area contributed by atoms with Gasteiger partial charge in [-0.15, -0.1) is 0 Å². The quantitative estimate of drug-likeness (QED) is 0.452. The van der Waals surface area contributed by atoms with E-state index >= 15 is 0 Å². The van der Waals surface area contributed by atoms with Crippen LogP contribution in [-0.2, 0) is 4.18 Å². The fraction of sp³-hybridized carbons (Fsp3) is 0.545. The Bertz CT molecular complexity index is 381. The van der Waals surface area contributed by atoms with E-state index in [1.54, 1.807) is 0 Å². The Morgan fingerprint density at radius 3 is 2.43 bits per heavy atom. The van der Waals surface area contributed by atoms with Crippen molar-refractivity contribution in [3.05, 3.63) is 22.3 Å². The van der Waals surface area contributed by atoms with Crippen LogP contribution >= 0.6 is 20.6 Å². The van der Waals surface area contributed by atoms with Crippen molar-refractivity contribution in [2.24, 2.45) is 5.41 Å². The second-order valence-corrected chi connectivity index (χ2v) is 7.80. The lowest BCUT2D eigenvalue weighted by atomic mass is 9.91. The minimum Gasteiger partial charge on any atom is -0.430 e. The molecule has 3 heteroatoms. The van der Waals surface area contributed by atoms with Gasteiger partial charge in [0.1, 0.15) is 6.26 Å². The highest BCUT2D eigenvalue weighted by atomic mass is 33.1. The molecule has 2 aliphatic heterocycles. The molecule has 0 amide bonds. The minimum absolute atomic E-state index is 0.0380. The standard InChI is InChI=1S/C11H16OS2/c1-7-6-12-14-9(7)8(2)10(13-14)11(3,4)5/h6H,1-5H3. The molecule has 1 atom stereocenters. The van der Waals surface area contributed by atoms with Crippen molar-refractivity contribution in [2.75, 3.05) is 0 Å². The predicted molar refractivity (Wildman–Crippen MR) is 67.2 cm³/mol. The van der Waals surface area contributed by atoms with Crippen molar-refractivity contribution in [1.82, 2.24) is 0 Å². The second kappa shape index (κ2) is 3.17. The molecule has 2 rings (SSSR count). The molecule has 0 bridgehead atoms. The van der Waals surface area contributed by atoms with Gasteiger partial charge in [-0.25, -0.2) is 0 Å². The van der Waals surface area contributed by atoms with Crippen molar-refractivity contribution in [3.8, 4) is 0 Å². The first kappa shape index (κ1) is 10.4. The molecule has 78 valence electrons. The van der Waals surface area contributed by atoms with Gasteiger partial charge in [-0.1, -0.05) is 20.8 Å². The van der Waals surface area contributed by atoms with Crippen LogP contribution in [0.3, 0.4) is 0 Å². The molecule has 1 nitrogen and oxygen atoms in total. The summed E-state index contributed by atoms with van der Waals surface area (Å²) in [4.78, 5) is 2.92. The van der Waals surface area contributed by atoms with Crippen LogP contribution < -0.4 is 0 Å². The van der Waals surface area contributed by atoms with Gasteiger partial charge >= 0.3 is 0 Å². The molecule has 2 aliphatic rings. The first-order valence-electron chi connectivity index (χ1n) is 4.77. The van der Waals surface area contributed by atoms with E-state index in [1.165, 1.54) is 20.9 Å². The molecule has 0 fully saturated rings. The summed E-state index contributed by atoms with van der Waals surface area (Å²) >= 11 is 0. The Morgan fingerprint density at radius 2 is 1.93 bits per heavy atom. The molecule has 2 heterocycles. The highest BCUT2D eigenvalue weighted by Crippen LogP contribution is 2.57. The van der Waals surface area contributed by atoms with Crippen molar-refractivity contribution in [1.29, 1.82) is 0 Å². The number of hydrogen-bond acceptors (Lipinski definition) is 2. The molecule has 0 aromatic rings. The van der Waals surface area contributed by atoms with Crippen LogP contribution in [0.4, 0.5) is 0 Å². The maximum atomic E-state index is 5.63. The monoisotopic (exact) mass is 228 g/mol. The smallest absolute Gasteiger partial charge is 0.106 e. The van der Waals surface area contributed by atoms with Gasteiger partial charge < -0.3 is 4.18 Å². The summed E-state index contributed by atoms with van der Waals surface area (Å²) in [5, 5.41) is 0. The Kier molecular flexibility index (Phi) is 2.35. The van der Waals surface area contributed by atoms with E-state index in [1.807, 2.05) is 17.1 Å². The third-order valence-corrected chi connectivity index (χ3v) is 6.52. The molecule has 0 saturated heterocycles. The molecular weight excluding hydrogens is 212 g/mol. The van der Waals surface area contributed by atoms with Crippen LogP contribution in [0.25, 0.3) is 0 Å². The van der Waals surface area contributed by atoms with Gasteiger partial charge in [0.2, 0.25) is 0 Å². The van der Waals surface area contributed by atoms with Crippen LogP contribution in [0.1, 0.15) is 34.6 Å². The van der Waals surface area contributed by atoms with Crippen LogP contribution in [0.15, 0.2) is 22.3 Å². The van der Waals surface area contributed by atoms with Crippen molar-refractivity contribution < 1.29 is 4.18 Å². The first-order chi connectivity index (χ1) is 6.41. The average Bonchev–Trinajstić information content (AvgIpc) is 2.53. The van der Waals surface area contributed by atoms with Gasteiger partial charge in [0, 0.05) is 10.5 Å².